The molecule has 0 aliphatic heterocycles. The first-order valence-electron chi connectivity index (χ1n) is 6.28. The standard InChI is InChI=1S/C14H24N2O/c1-10(2)8-11(3)16(5)13-6-7-14(12(4)17)15-9-13/h6-7,9-12,17H,8H2,1-5H3. The lowest BCUT2D eigenvalue weighted by Gasteiger charge is -2.28. The molecule has 0 saturated heterocycles. The lowest BCUT2D eigenvalue weighted by molar-refractivity contribution is 0.194. The van der Waals surface area contributed by atoms with Crippen LogP contribution in [-0.4, -0.2) is 23.2 Å². The van der Waals surface area contributed by atoms with Crippen LogP contribution in [0.2, 0.25) is 0 Å². The van der Waals surface area contributed by atoms with E-state index in [0.29, 0.717) is 12.0 Å². The van der Waals surface area contributed by atoms with E-state index < -0.39 is 6.10 Å². The van der Waals surface area contributed by atoms with E-state index in [0.717, 1.165) is 17.8 Å². The first kappa shape index (κ1) is 14.0. The van der Waals surface area contributed by atoms with Crippen molar-refractivity contribution in [2.24, 2.45) is 5.92 Å². The summed E-state index contributed by atoms with van der Waals surface area (Å²) in [4.78, 5) is 6.50. The van der Waals surface area contributed by atoms with Gasteiger partial charge in [-0.15, -0.1) is 0 Å². The predicted octanol–water partition coefficient (Wildman–Crippen LogP) is 3.01. The fourth-order valence-electron chi connectivity index (χ4n) is 1.95. The minimum absolute atomic E-state index is 0.495. The Morgan fingerprint density at radius 3 is 2.29 bits per heavy atom. The number of aliphatic hydroxyl groups excluding tert-OH is 1. The van der Waals surface area contributed by atoms with Gasteiger partial charge in [0.15, 0.2) is 0 Å². The zero-order chi connectivity index (χ0) is 13.0. The molecule has 0 radical (unpaired) electrons. The van der Waals surface area contributed by atoms with Gasteiger partial charge in [0, 0.05) is 13.1 Å². The second-order valence-electron chi connectivity index (χ2n) is 5.21. The first-order chi connectivity index (χ1) is 7.91. The Morgan fingerprint density at radius 2 is 1.88 bits per heavy atom. The van der Waals surface area contributed by atoms with Gasteiger partial charge in [-0.3, -0.25) is 4.98 Å². The lowest BCUT2D eigenvalue weighted by Crippen LogP contribution is -2.30. The van der Waals surface area contributed by atoms with E-state index in [9.17, 15) is 5.11 Å². The molecule has 0 saturated carbocycles. The van der Waals surface area contributed by atoms with Crippen LogP contribution in [0.4, 0.5) is 5.69 Å². The molecule has 1 rings (SSSR count). The molecule has 0 aromatic carbocycles. The molecule has 96 valence electrons. The highest BCUT2D eigenvalue weighted by Gasteiger charge is 2.12. The minimum atomic E-state index is -0.498. The molecule has 1 heterocycles. The van der Waals surface area contributed by atoms with Gasteiger partial charge in [-0.2, -0.15) is 0 Å². The third-order valence-corrected chi connectivity index (χ3v) is 3.08. The van der Waals surface area contributed by atoms with Gasteiger partial charge in [0.05, 0.1) is 23.7 Å². The van der Waals surface area contributed by atoms with Crippen molar-refractivity contribution in [3.63, 3.8) is 0 Å². The highest BCUT2D eigenvalue weighted by molar-refractivity contribution is 5.44. The molecule has 0 aliphatic rings. The summed E-state index contributed by atoms with van der Waals surface area (Å²) < 4.78 is 0. The molecule has 1 N–H and O–H groups in total. The zero-order valence-electron chi connectivity index (χ0n) is 11.5. The molecular weight excluding hydrogens is 212 g/mol. The maximum absolute atomic E-state index is 9.41. The Bertz CT molecular complexity index is 333. The van der Waals surface area contributed by atoms with Crippen molar-refractivity contribution in [2.75, 3.05) is 11.9 Å². The molecule has 0 bridgehead atoms. The van der Waals surface area contributed by atoms with E-state index in [1.54, 1.807) is 6.92 Å². The van der Waals surface area contributed by atoms with Crippen molar-refractivity contribution in [3.05, 3.63) is 24.0 Å². The van der Waals surface area contributed by atoms with Gasteiger partial charge in [-0.25, -0.2) is 0 Å². The largest absolute Gasteiger partial charge is 0.387 e. The number of aliphatic hydroxyl groups is 1. The number of rotatable bonds is 5. The number of aromatic nitrogens is 1. The second kappa shape index (κ2) is 6.01. The fraction of sp³-hybridized carbons (Fsp3) is 0.643. The van der Waals surface area contributed by atoms with Crippen molar-refractivity contribution >= 4 is 5.69 Å². The molecule has 3 nitrogen and oxygen atoms in total. The molecule has 0 fully saturated rings. The van der Waals surface area contributed by atoms with Crippen LogP contribution in [0.3, 0.4) is 0 Å². The number of nitrogens with zero attached hydrogens (tertiary/aromatic N) is 2. The highest BCUT2D eigenvalue weighted by atomic mass is 16.3. The Balaban J connectivity index is 2.72. The normalized spacial score (nSPS) is 14.8. The van der Waals surface area contributed by atoms with Crippen molar-refractivity contribution < 1.29 is 5.11 Å². The van der Waals surface area contributed by atoms with Gasteiger partial charge in [0.25, 0.3) is 0 Å². The topological polar surface area (TPSA) is 36.4 Å². The summed E-state index contributed by atoms with van der Waals surface area (Å²) in [6, 6.07) is 4.40. The summed E-state index contributed by atoms with van der Waals surface area (Å²) >= 11 is 0. The van der Waals surface area contributed by atoms with Crippen molar-refractivity contribution in [3.8, 4) is 0 Å². The van der Waals surface area contributed by atoms with E-state index in [1.807, 2.05) is 18.3 Å². The van der Waals surface area contributed by atoms with E-state index in [2.05, 4.69) is 37.7 Å². The molecule has 1 aromatic heterocycles. The second-order valence-corrected chi connectivity index (χ2v) is 5.21. The molecule has 2 unspecified atom stereocenters. The van der Waals surface area contributed by atoms with Crippen LogP contribution in [-0.2, 0) is 0 Å². The van der Waals surface area contributed by atoms with E-state index in [1.165, 1.54) is 0 Å². The zero-order valence-corrected chi connectivity index (χ0v) is 11.5. The summed E-state index contributed by atoms with van der Waals surface area (Å²) in [5.74, 6) is 0.692. The van der Waals surface area contributed by atoms with E-state index in [4.69, 9.17) is 0 Å². The number of anilines is 1. The number of hydrogen-bond acceptors (Lipinski definition) is 3. The summed E-state index contributed by atoms with van der Waals surface area (Å²) in [6.45, 7) is 8.42. The van der Waals surface area contributed by atoms with Gasteiger partial charge in [0.2, 0.25) is 0 Å². The van der Waals surface area contributed by atoms with Crippen LogP contribution < -0.4 is 4.90 Å². The Hall–Kier alpha value is -1.09. The predicted molar refractivity (Wildman–Crippen MR) is 72.2 cm³/mol. The molecule has 2 atom stereocenters. The van der Waals surface area contributed by atoms with Gasteiger partial charge < -0.3 is 10.0 Å². The van der Waals surface area contributed by atoms with Crippen LogP contribution in [0.25, 0.3) is 0 Å². The monoisotopic (exact) mass is 236 g/mol. The molecular formula is C14H24N2O. The lowest BCUT2D eigenvalue weighted by atomic mass is 10.0. The van der Waals surface area contributed by atoms with Gasteiger partial charge >= 0.3 is 0 Å². The van der Waals surface area contributed by atoms with Crippen molar-refractivity contribution in [2.45, 2.75) is 46.3 Å². The van der Waals surface area contributed by atoms with Crippen molar-refractivity contribution in [1.82, 2.24) is 4.98 Å². The van der Waals surface area contributed by atoms with Crippen LogP contribution >= 0.6 is 0 Å². The molecule has 3 heteroatoms. The smallest absolute Gasteiger partial charge is 0.0931 e. The SMILES string of the molecule is CC(C)CC(C)N(C)c1ccc(C(C)O)nc1. The third kappa shape index (κ3) is 4.00. The minimum Gasteiger partial charge on any atom is -0.387 e. The molecule has 0 aliphatic carbocycles. The van der Waals surface area contributed by atoms with Crippen LogP contribution in [0.5, 0.6) is 0 Å². The molecule has 0 spiro atoms. The summed E-state index contributed by atoms with van der Waals surface area (Å²) in [5, 5.41) is 9.41. The quantitative estimate of drug-likeness (QED) is 0.853. The summed E-state index contributed by atoms with van der Waals surface area (Å²) in [5.41, 5.74) is 1.82. The average molecular weight is 236 g/mol. The maximum Gasteiger partial charge on any atom is 0.0931 e. The number of pyridine rings is 1. The van der Waals surface area contributed by atoms with Crippen LogP contribution in [0.15, 0.2) is 18.3 Å². The number of hydrogen-bond donors (Lipinski definition) is 1. The third-order valence-electron chi connectivity index (χ3n) is 3.08. The average Bonchev–Trinajstić information content (AvgIpc) is 2.27. The highest BCUT2D eigenvalue weighted by Crippen LogP contribution is 2.19. The first-order valence-corrected chi connectivity index (χ1v) is 6.28. The van der Waals surface area contributed by atoms with E-state index >= 15 is 0 Å². The van der Waals surface area contributed by atoms with Gasteiger partial charge in [-0.05, 0) is 38.3 Å². The summed E-state index contributed by atoms with van der Waals surface area (Å²) in [7, 11) is 2.09. The van der Waals surface area contributed by atoms with Gasteiger partial charge in [-0.1, -0.05) is 13.8 Å². The molecule has 1 aromatic rings. The Labute approximate surface area is 104 Å². The molecule has 0 amide bonds. The van der Waals surface area contributed by atoms with E-state index in [-0.39, 0.29) is 0 Å². The van der Waals surface area contributed by atoms with Crippen LogP contribution in [0, 0.1) is 5.92 Å². The Morgan fingerprint density at radius 1 is 1.24 bits per heavy atom. The van der Waals surface area contributed by atoms with Gasteiger partial charge in [0.1, 0.15) is 0 Å². The molecule has 17 heavy (non-hydrogen) atoms. The fourth-order valence-corrected chi connectivity index (χ4v) is 1.95. The van der Waals surface area contributed by atoms with Crippen LogP contribution in [0.1, 0.15) is 45.9 Å². The van der Waals surface area contributed by atoms with Crippen molar-refractivity contribution in [1.29, 1.82) is 0 Å². The maximum atomic E-state index is 9.41. The summed E-state index contributed by atoms with van der Waals surface area (Å²) in [6.07, 6.45) is 2.50. The Kier molecular flexibility index (Phi) is 4.94.